The van der Waals surface area contributed by atoms with Gasteiger partial charge in [-0.2, -0.15) is 0 Å². The lowest BCUT2D eigenvalue weighted by Gasteiger charge is -2.13. The number of hydrogen-bond acceptors (Lipinski definition) is 4. The van der Waals surface area contributed by atoms with Crippen LogP contribution in [0.5, 0.6) is 11.5 Å². The third-order valence-electron chi connectivity index (χ3n) is 3.74. The zero-order valence-corrected chi connectivity index (χ0v) is 16.7. The number of hydrogen-bond donors (Lipinski definition) is 1. The molecule has 0 aliphatic carbocycles. The Hall–Kier alpha value is -1.75. The molecule has 0 heterocycles. The number of nitrogens with one attached hydrogen (secondary N) is 1. The third-order valence-corrected chi connectivity index (χ3v) is 3.74. The predicted molar refractivity (Wildman–Crippen MR) is 108 cm³/mol. The van der Waals surface area contributed by atoms with Crippen LogP contribution in [0.1, 0.15) is 31.4 Å². The summed E-state index contributed by atoms with van der Waals surface area (Å²) in [4.78, 5) is 0. The Morgan fingerprint density at radius 1 is 0.962 bits per heavy atom. The van der Waals surface area contributed by atoms with Gasteiger partial charge in [-0.25, -0.2) is 0 Å². The first-order valence-corrected chi connectivity index (χ1v) is 8.85. The van der Waals surface area contributed by atoms with E-state index in [1.165, 1.54) is 5.56 Å². The number of benzene rings is 2. The van der Waals surface area contributed by atoms with Crippen molar-refractivity contribution >= 4 is 12.4 Å². The maximum Gasteiger partial charge on any atom is 0.161 e. The van der Waals surface area contributed by atoms with Crippen LogP contribution in [0.25, 0.3) is 0 Å². The standard InChI is InChI=1S/C21H29NO3.ClH/c1-17(2)24-13-7-12-22-15-19-10-11-20(21(14-19)23-3)25-16-18-8-5-4-6-9-18;/h4-6,8-11,14,17,22H,7,12-13,15-16H2,1-3H3;1H. The van der Waals surface area contributed by atoms with Crippen LogP contribution >= 0.6 is 12.4 Å². The summed E-state index contributed by atoms with van der Waals surface area (Å²) in [5.41, 5.74) is 2.31. The molecule has 26 heavy (non-hydrogen) atoms. The molecule has 2 rings (SSSR count). The molecule has 0 saturated heterocycles. The first-order valence-electron chi connectivity index (χ1n) is 8.85. The van der Waals surface area contributed by atoms with Gasteiger partial charge in [0, 0.05) is 13.2 Å². The smallest absolute Gasteiger partial charge is 0.161 e. The van der Waals surface area contributed by atoms with Crippen LogP contribution in [0.2, 0.25) is 0 Å². The molecular weight excluding hydrogens is 350 g/mol. The maximum absolute atomic E-state index is 5.89. The Balaban J connectivity index is 0.00000338. The number of methoxy groups -OCH3 is 1. The topological polar surface area (TPSA) is 39.7 Å². The van der Waals surface area contributed by atoms with Crippen molar-refractivity contribution in [3.8, 4) is 11.5 Å². The van der Waals surface area contributed by atoms with E-state index >= 15 is 0 Å². The largest absolute Gasteiger partial charge is 0.493 e. The molecule has 0 atom stereocenters. The lowest BCUT2D eigenvalue weighted by Crippen LogP contribution is -2.17. The number of halogens is 1. The van der Waals surface area contributed by atoms with Crippen molar-refractivity contribution in [3.63, 3.8) is 0 Å². The van der Waals surface area contributed by atoms with E-state index < -0.39 is 0 Å². The Labute approximate surface area is 163 Å². The summed E-state index contributed by atoms with van der Waals surface area (Å²) in [7, 11) is 1.67. The molecule has 0 aliphatic heterocycles. The fraction of sp³-hybridized carbons (Fsp3) is 0.429. The zero-order valence-electron chi connectivity index (χ0n) is 15.9. The van der Waals surface area contributed by atoms with E-state index in [2.05, 4.69) is 25.2 Å². The van der Waals surface area contributed by atoms with E-state index in [0.29, 0.717) is 12.7 Å². The molecule has 0 amide bonds. The predicted octanol–water partition coefficient (Wildman–Crippen LogP) is 4.60. The second-order valence-electron chi connectivity index (χ2n) is 6.21. The summed E-state index contributed by atoms with van der Waals surface area (Å²) >= 11 is 0. The van der Waals surface area contributed by atoms with Crippen molar-refractivity contribution < 1.29 is 14.2 Å². The van der Waals surface area contributed by atoms with Crippen LogP contribution in [-0.2, 0) is 17.9 Å². The van der Waals surface area contributed by atoms with Crippen molar-refractivity contribution in [2.75, 3.05) is 20.3 Å². The maximum atomic E-state index is 5.89. The highest BCUT2D eigenvalue weighted by Crippen LogP contribution is 2.28. The van der Waals surface area contributed by atoms with Crippen molar-refractivity contribution in [2.24, 2.45) is 0 Å². The third kappa shape index (κ3) is 8.09. The van der Waals surface area contributed by atoms with Gasteiger partial charge in [0.1, 0.15) is 6.61 Å². The van der Waals surface area contributed by atoms with Crippen LogP contribution in [0, 0.1) is 0 Å². The lowest BCUT2D eigenvalue weighted by atomic mass is 10.2. The molecule has 0 bridgehead atoms. The van der Waals surface area contributed by atoms with Crippen LogP contribution in [0.15, 0.2) is 48.5 Å². The Bertz CT molecular complexity index is 620. The molecule has 0 fully saturated rings. The molecule has 0 aliphatic rings. The summed E-state index contributed by atoms with van der Waals surface area (Å²) in [5.74, 6) is 1.53. The SMILES string of the molecule is COc1cc(CNCCCOC(C)C)ccc1OCc1ccccc1.Cl. The van der Waals surface area contributed by atoms with Crippen molar-refractivity contribution in [3.05, 3.63) is 59.7 Å². The van der Waals surface area contributed by atoms with E-state index in [1.54, 1.807) is 7.11 Å². The van der Waals surface area contributed by atoms with Gasteiger partial charge < -0.3 is 19.5 Å². The Morgan fingerprint density at radius 2 is 1.73 bits per heavy atom. The highest BCUT2D eigenvalue weighted by Gasteiger charge is 2.06. The molecule has 144 valence electrons. The zero-order chi connectivity index (χ0) is 17.9. The minimum absolute atomic E-state index is 0. The number of ether oxygens (including phenoxy) is 3. The first kappa shape index (κ1) is 22.3. The normalized spacial score (nSPS) is 10.5. The molecule has 4 nitrogen and oxygen atoms in total. The van der Waals surface area contributed by atoms with Gasteiger partial charge in [0.05, 0.1) is 13.2 Å². The molecule has 5 heteroatoms. The van der Waals surface area contributed by atoms with Gasteiger partial charge >= 0.3 is 0 Å². The highest BCUT2D eigenvalue weighted by molar-refractivity contribution is 5.85. The molecule has 0 unspecified atom stereocenters. The molecular formula is C21H30ClNO3. The minimum Gasteiger partial charge on any atom is -0.493 e. The summed E-state index contributed by atoms with van der Waals surface area (Å²) in [5, 5.41) is 3.43. The molecule has 0 radical (unpaired) electrons. The van der Waals surface area contributed by atoms with E-state index in [-0.39, 0.29) is 12.4 Å². The van der Waals surface area contributed by atoms with E-state index in [4.69, 9.17) is 14.2 Å². The van der Waals surface area contributed by atoms with Gasteiger partial charge in [-0.05, 0) is 50.1 Å². The van der Waals surface area contributed by atoms with Gasteiger partial charge in [-0.3, -0.25) is 0 Å². The average Bonchev–Trinajstić information content (AvgIpc) is 2.63. The van der Waals surface area contributed by atoms with E-state index in [0.717, 1.165) is 43.2 Å². The summed E-state index contributed by atoms with van der Waals surface area (Å²) in [6.07, 6.45) is 1.31. The second-order valence-corrected chi connectivity index (χ2v) is 6.21. The van der Waals surface area contributed by atoms with Crippen molar-refractivity contribution in [2.45, 2.75) is 39.5 Å². The van der Waals surface area contributed by atoms with Gasteiger partial charge in [-0.15, -0.1) is 12.4 Å². The Kier molecular flexibility index (Phi) is 10.8. The van der Waals surface area contributed by atoms with Gasteiger partial charge in [0.25, 0.3) is 0 Å². The molecule has 2 aromatic carbocycles. The van der Waals surface area contributed by atoms with Crippen LogP contribution < -0.4 is 14.8 Å². The molecule has 0 spiro atoms. The fourth-order valence-corrected chi connectivity index (χ4v) is 2.43. The Morgan fingerprint density at radius 3 is 2.42 bits per heavy atom. The van der Waals surface area contributed by atoms with Crippen LogP contribution in [-0.4, -0.2) is 26.4 Å². The summed E-state index contributed by atoms with van der Waals surface area (Å²) < 4.78 is 16.9. The monoisotopic (exact) mass is 379 g/mol. The van der Waals surface area contributed by atoms with E-state index in [9.17, 15) is 0 Å². The average molecular weight is 380 g/mol. The van der Waals surface area contributed by atoms with Crippen molar-refractivity contribution in [1.29, 1.82) is 0 Å². The molecule has 1 N–H and O–H groups in total. The highest BCUT2D eigenvalue weighted by atomic mass is 35.5. The fourth-order valence-electron chi connectivity index (χ4n) is 2.43. The summed E-state index contributed by atoms with van der Waals surface area (Å²) in [6, 6.07) is 16.2. The molecule has 2 aromatic rings. The minimum atomic E-state index is 0. The quantitative estimate of drug-likeness (QED) is 0.579. The van der Waals surface area contributed by atoms with Crippen LogP contribution in [0.4, 0.5) is 0 Å². The second kappa shape index (κ2) is 12.6. The van der Waals surface area contributed by atoms with Crippen LogP contribution in [0.3, 0.4) is 0 Å². The number of rotatable bonds is 11. The van der Waals surface area contributed by atoms with Gasteiger partial charge in [0.2, 0.25) is 0 Å². The molecule has 0 saturated carbocycles. The van der Waals surface area contributed by atoms with Crippen molar-refractivity contribution in [1.82, 2.24) is 5.32 Å². The molecule has 0 aromatic heterocycles. The lowest BCUT2D eigenvalue weighted by molar-refractivity contribution is 0.0770. The van der Waals surface area contributed by atoms with Gasteiger partial charge in [-0.1, -0.05) is 36.4 Å². The first-order chi connectivity index (χ1) is 12.2. The summed E-state index contributed by atoms with van der Waals surface area (Å²) in [6.45, 7) is 7.17. The van der Waals surface area contributed by atoms with Gasteiger partial charge in [0.15, 0.2) is 11.5 Å². The van der Waals surface area contributed by atoms with E-state index in [1.807, 2.05) is 42.5 Å².